The second-order valence-corrected chi connectivity index (χ2v) is 5.64. The Morgan fingerprint density at radius 1 is 0.810 bits per heavy atom. The summed E-state index contributed by atoms with van der Waals surface area (Å²) in [6.07, 6.45) is 3.22. The number of para-hydroxylation sites is 2. The van der Waals surface area contributed by atoms with E-state index in [4.69, 9.17) is 11.6 Å². The van der Waals surface area contributed by atoms with E-state index in [0.717, 1.165) is 47.6 Å². The molecular formula is C18H18ClNO. The highest BCUT2D eigenvalue weighted by atomic mass is 35.5. The molecule has 0 aliphatic carbocycles. The van der Waals surface area contributed by atoms with Crippen LogP contribution in [0.4, 0.5) is 0 Å². The molecular weight excluding hydrogens is 282 g/mol. The number of pyridine rings is 1. The molecule has 3 aromatic rings. The van der Waals surface area contributed by atoms with Gasteiger partial charge in [0.15, 0.2) is 5.43 Å². The molecule has 1 heterocycles. The molecule has 0 aliphatic rings. The molecule has 3 rings (SSSR count). The summed E-state index contributed by atoms with van der Waals surface area (Å²) in [5.74, 6) is 0.714. The average Bonchev–Trinajstić information content (AvgIpc) is 2.54. The van der Waals surface area contributed by atoms with Gasteiger partial charge in [-0.25, -0.2) is 0 Å². The fourth-order valence-corrected chi connectivity index (χ4v) is 3.05. The summed E-state index contributed by atoms with van der Waals surface area (Å²) in [6.45, 7) is 0.915. The molecule has 0 saturated heterocycles. The van der Waals surface area contributed by atoms with Crippen molar-refractivity contribution >= 4 is 33.4 Å². The molecule has 0 fully saturated rings. The Bertz CT molecular complexity index is 762. The third-order valence-electron chi connectivity index (χ3n) is 3.89. The topological polar surface area (TPSA) is 22.0 Å². The lowest BCUT2D eigenvalue weighted by Crippen LogP contribution is -2.11. The Morgan fingerprint density at radius 3 is 1.95 bits per heavy atom. The number of rotatable bonds is 5. The number of hydrogen-bond acceptors (Lipinski definition) is 1. The van der Waals surface area contributed by atoms with Crippen LogP contribution in [0.2, 0.25) is 0 Å². The molecule has 21 heavy (non-hydrogen) atoms. The maximum atomic E-state index is 12.6. The fraction of sp³-hybridized carbons (Fsp3) is 0.278. The molecule has 0 spiro atoms. The number of hydrogen-bond donors (Lipinski definition) is 0. The minimum absolute atomic E-state index is 0.123. The molecule has 0 amide bonds. The van der Waals surface area contributed by atoms with E-state index in [1.807, 2.05) is 48.5 Å². The third-order valence-corrected chi connectivity index (χ3v) is 4.16. The average molecular weight is 300 g/mol. The highest BCUT2D eigenvalue weighted by Crippen LogP contribution is 2.20. The van der Waals surface area contributed by atoms with Crippen LogP contribution in [-0.2, 0) is 6.54 Å². The first-order valence-electron chi connectivity index (χ1n) is 7.39. The summed E-state index contributed by atoms with van der Waals surface area (Å²) in [6, 6.07) is 15.7. The van der Waals surface area contributed by atoms with Crippen molar-refractivity contribution < 1.29 is 0 Å². The van der Waals surface area contributed by atoms with E-state index in [1.54, 1.807) is 0 Å². The van der Waals surface area contributed by atoms with Gasteiger partial charge in [0.25, 0.3) is 0 Å². The van der Waals surface area contributed by atoms with Crippen LogP contribution in [0, 0.1) is 0 Å². The van der Waals surface area contributed by atoms with Gasteiger partial charge in [-0.15, -0.1) is 11.6 Å². The smallest absolute Gasteiger partial charge is 0.197 e. The third kappa shape index (κ3) is 2.68. The van der Waals surface area contributed by atoms with Gasteiger partial charge in [0, 0.05) is 23.2 Å². The zero-order valence-corrected chi connectivity index (χ0v) is 12.6. The SMILES string of the molecule is O=c1c2ccccc2n(CCCCCCl)c2ccccc12. The summed E-state index contributed by atoms with van der Waals surface area (Å²) in [7, 11) is 0. The van der Waals surface area contributed by atoms with Crippen molar-refractivity contribution in [2.24, 2.45) is 0 Å². The summed E-state index contributed by atoms with van der Waals surface area (Å²) in [5, 5.41) is 1.60. The molecule has 108 valence electrons. The van der Waals surface area contributed by atoms with Gasteiger partial charge in [-0.2, -0.15) is 0 Å². The van der Waals surface area contributed by atoms with Crippen LogP contribution in [0.1, 0.15) is 19.3 Å². The van der Waals surface area contributed by atoms with Gasteiger partial charge in [0.2, 0.25) is 0 Å². The van der Waals surface area contributed by atoms with Crippen LogP contribution >= 0.6 is 11.6 Å². The Kier molecular flexibility index (Phi) is 4.26. The lowest BCUT2D eigenvalue weighted by atomic mass is 10.1. The number of unbranched alkanes of at least 4 members (excludes halogenated alkanes) is 2. The molecule has 2 aromatic carbocycles. The minimum Gasteiger partial charge on any atom is -0.340 e. The maximum Gasteiger partial charge on any atom is 0.197 e. The van der Waals surface area contributed by atoms with E-state index in [2.05, 4.69) is 4.57 Å². The Labute approximate surface area is 129 Å². The van der Waals surface area contributed by atoms with E-state index in [0.29, 0.717) is 5.88 Å². The van der Waals surface area contributed by atoms with Gasteiger partial charge in [-0.1, -0.05) is 30.7 Å². The van der Waals surface area contributed by atoms with Gasteiger partial charge < -0.3 is 4.57 Å². The van der Waals surface area contributed by atoms with Crippen molar-refractivity contribution in [2.75, 3.05) is 5.88 Å². The number of benzene rings is 2. The molecule has 1 aromatic heterocycles. The highest BCUT2D eigenvalue weighted by Gasteiger charge is 2.09. The van der Waals surface area contributed by atoms with E-state index in [9.17, 15) is 4.79 Å². The molecule has 0 radical (unpaired) electrons. The molecule has 0 aliphatic heterocycles. The van der Waals surface area contributed by atoms with Crippen molar-refractivity contribution in [3.63, 3.8) is 0 Å². The highest BCUT2D eigenvalue weighted by molar-refractivity contribution is 6.17. The molecule has 0 bridgehead atoms. The first-order valence-corrected chi connectivity index (χ1v) is 7.92. The molecule has 0 saturated carbocycles. The summed E-state index contributed by atoms with van der Waals surface area (Å²) in [4.78, 5) is 12.6. The first-order chi connectivity index (χ1) is 10.3. The van der Waals surface area contributed by atoms with Crippen molar-refractivity contribution in [2.45, 2.75) is 25.8 Å². The molecule has 3 heteroatoms. The minimum atomic E-state index is 0.123. The predicted octanol–water partition coefficient (Wildman–Crippen LogP) is 4.56. The molecule has 0 atom stereocenters. The zero-order valence-electron chi connectivity index (χ0n) is 11.9. The number of aryl methyl sites for hydroxylation is 1. The van der Waals surface area contributed by atoms with Gasteiger partial charge in [-0.05, 0) is 37.1 Å². The van der Waals surface area contributed by atoms with E-state index in [1.165, 1.54) is 0 Å². The van der Waals surface area contributed by atoms with Crippen LogP contribution in [0.25, 0.3) is 21.8 Å². The van der Waals surface area contributed by atoms with Crippen molar-refractivity contribution in [1.29, 1.82) is 0 Å². The van der Waals surface area contributed by atoms with Crippen LogP contribution in [-0.4, -0.2) is 10.4 Å². The summed E-state index contributed by atoms with van der Waals surface area (Å²) >= 11 is 5.75. The van der Waals surface area contributed by atoms with Crippen LogP contribution < -0.4 is 5.43 Å². The molecule has 0 unspecified atom stereocenters. The predicted molar refractivity (Wildman–Crippen MR) is 90.3 cm³/mol. The van der Waals surface area contributed by atoms with Crippen LogP contribution in [0.15, 0.2) is 53.3 Å². The van der Waals surface area contributed by atoms with Crippen LogP contribution in [0.3, 0.4) is 0 Å². The number of aromatic nitrogens is 1. The zero-order chi connectivity index (χ0) is 14.7. The lowest BCUT2D eigenvalue weighted by Gasteiger charge is -2.15. The number of nitrogens with zero attached hydrogens (tertiary/aromatic N) is 1. The Morgan fingerprint density at radius 2 is 1.38 bits per heavy atom. The van der Waals surface area contributed by atoms with Crippen molar-refractivity contribution in [3.8, 4) is 0 Å². The van der Waals surface area contributed by atoms with E-state index in [-0.39, 0.29) is 5.43 Å². The Balaban J connectivity index is 2.18. The fourth-order valence-electron chi connectivity index (χ4n) is 2.86. The van der Waals surface area contributed by atoms with E-state index >= 15 is 0 Å². The largest absolute Gasteiger partial charge is 0.340 e. The number of fused-ring (bicyclic) bond motifs is 2. The number of alkyl halides is 1. The van der Waals surface area contributed by atoms with Gasteiger partial charge >= 0.3 is 0 Å². The number of halogens is 1. The van der Waals surface area contributed by atoms with Crippen LogP contribution in [0.5, 0.6) is 0 Å². The summed E-state index contributed by atoms with van der Waals surface area (Å²) in [5.41, 5.74) is 2.16. The second-order valence-electron chi connectivity index (χ2n) is 5.26. The second kappa shape index (κ2) is 6.31. The van der Waals surface area contributed by atoms with Crippen molar-refractivity contribution in [3.05, 3.63) is 58.8 Å². The molecule has 2 nitrogen and oxygen atoms in total. The first kappa shape index (κ1) is 14.2. The van der Waals surface area contributed by atoms with Gasteiger partial charge in [0.1, 0.15) is 0 Å². The lowest BCUT2D eigenvalue weighted by molar-refractivity contribution is 0.627. The Hall–Kier alpha value is -1.80. The maximum absolute atomic E-state index is 12.6. The van der Waals surface area contributed by atoms with E-state index < -0.39 is 0 Å². The van der Waals surface area contributed by atoms with Gasteiger partial charge in [-0.3, -0.25) is 4.79 Å². The normalized spacial score (nSPS) is 11.3. The van der Waals surface area contributed by atoms with Crippen molar-refractivity contribution in [1.82, 2.24) is 4.57 Å². The summed E-state index contributed by atoms with van der Waals surface area (Å²) < 4.78 is 2.26. The standard InChI is InChI=1S/C18H18ClNO/c19-12-6-1-7-13-20-16-10-4-2-8-14(16)18(21)15-9-3-5-11-17(15)20/h2-5,8-11H,1,6-7,12-13H2. The monoisotopic (exact) mass is 299 g/mol. The van der Waals surface area contributed by atoms with Gasteiger partial charge in [0.05, 0.1) is 11.0 Å². The molecule has 0 N–H and O–H groups in total. The quantitative estimate of drug-likeness (QED) is 0.384.